The number of allylic oxidation sites excluding steroid dienone is 1. The van der Waals surface area contributed by atoms with Crippen LogP contribution in [0.3, 0.4) is 0 Å². The smallest absolute Gasteiger partial charge is 0.118 e. The summed E-state index contributed by atoms with van der Waals surface area (Å²) in [4.78, 5) is 0. The Kier molecular flexibility index (Phi) is 8.22. The predicted molar refractivity (Wildman–Crippen MR) is 146 cm³/mol. The Hall–Kier alpha value is -2.22. The van der Waals surface area contributed by atoms with Crippen molar-refractivity contribution in [1.82, 2.24) is 0 Å². The second kappa shape index (κ2) is 11.0. The van der Waals surface area contributed by atoms with E-state index >= 15 is 0 Å². The number of ether oxygens (including phenoxy) is 2. The van der Waals surface area contributed by atoms with Gasteiger partial charge in [0.15, 0.2) is 0 Å². The van der Waals surface area contributed by atoms with Crippen molar-refractivity contribution in [2.75, 3.05) is 13.7 Å². The monoisotopic (exact) mass is 508 g/mol. The summed E-state index contributed by atoms with van der Waals surface area (Å²) in [5, 5.41) is 34.6. The van der Waals surface area contributed by atoms with Crippen molar-refractivity contribution in [3.05, 3.63) is 84.1 Å². The molecule has 2 aromatic rings. The van der Waals surface area contributed by atoms with Crippen LogP contribution in [-0.4, -0.2) is 54.9 Å². The Balaban J connectivity index is 1.52. The first-order valence-electron chi connectivity index (χ1n) is 12.9. The van der Waals surface area contributed by atoms with Crippen LogP contribution in [0.15, 0.2) is 78.5 Å². The van der Waals surface area contributed by atoms with E-state index in [-0.39, 0.29) is 23.7 Å². The second-order valence-corrected chi connectivity index (χ2v) is 15.4. The van der Waals surface area contributed by atoms with Gasteiger partial charge in [0.05, 0.1) is 38.1 Å². The van der Waals surface area contributed by atoms with Crippen LogP contribution >= 0.6 is 0 Å². The molecule has 6 heteroatoms. The standard InChI is InChI=1S/C30H40O5Si/c1-21(31)29(32)28-26(20-35-19-22-10-13-24(34-2)14-11-22)23-12-15-27(28)30(33,18-23)16-17-36(3,4)25-8-6-5-7-9-25/h5-17,21,23,26-29,31-33H,18-20H2,1-4H3/b17-16+/t21-,23+,26-,27+,28-,29+,30+/m1/s1. The summed E-state index contributed by atoms with van der Waals surface area (Å²) in [6, 6.07) is 18.2. The fourth-order valence-electron chi connectivity index (χ4n) is 5.87. The van der Waals surface area contributed by atoms with E-state index in [0.717, 1.165) is 11.3 Å². The van der Waals surface area contributed by atoms with Gasteiger partial charge in [-0.2, -0.15) is 0 Å². The molecule has 1 fully saturated rings. The van der Waals surface area contributed by atoms with Gasteiger partial charge in [-0.3, -0.25) is 0 Å². The minimum Gasteiger partial charge on any atom is -0.497 e. The number of benzene rings is 2. The Labute approximate surface area is 216 Å². The van der Waals surface area contributed by atoms with Gasteiger partial charge in [-0.1, -0.05) is 84.7 Å². The summed E-state index contributed by atoms with van der Waals surface area (Å²) in [7, 11) is -0.257. The number of fused-ring (bicyclic) bond motifs is 2. The minimum absolute atomic E-state index is 0.0101. The predicted octanol–water partition coefficient (Wildman–Crippen LogP) is 3.83. The number of hydrogen-bond donors (Lipinski definition) is 3. The molecule has 0 amide bonds. The summed E-state index contributed by atoms with van der Waals surface area (Å²) in [5.74, 6) is 0.273. The van der Waals surface area contributed by atoms with Crippen LogP contribution in [-0.2, 0) is 11.3 Å². The lowest BCUT2D eigenvalue weighted by Gasteiger charge is -2.54. The van der Waals surface area contributed by atoms with Crippen molar-refractivity contribution in [2.24, 2.45) is 23.7 Å². The summed E-state index contributed by atoms with van der Waals surface area (Å²) < 4.78 is 11.3. The zero-order valence-electron chi connectivity index (χ0n) is 21.7. The van der Waals surface area contributed by atoms with E-state index < -0.39 is 25.9 Å². The molecule has 0 saturated heterocycles. The fraction of sp³-hybridized carbons (Fsp3) is 0.467. The maximum Gasteiger partial charge on any atom is 0.118 e. The summed E-state index contributed by atoms with van der Waals surface area (Å²) in [6.45, 7) is 7.08. The largest absolute Gasteiger partial charge is 0.497 e. The molecule has 0 aromatic heterocycles. The van der Waals surface area contributed by atoms with Gasteiger partial charge in [0.2, 0.25) is 0 Å². The first-order chi connectivity index (χ1) is 17.1. The molecule has 2 aromatic carbocycles. The van der Waals surface area contributed by atoms with Crippen molar-refractivity contribution in [1.29, 1.82) is 0 Å². The highest BCUT2D eigenvalue weighted by atomic mass is 28.3. The van der Waals surface area contributed by atoms with Gasteiger partial charge in [-0.05, 0) is 42.9 Å². The van der Waals surface area contributed by atoms with E-state index in [4.69, 9.17) is 9.47 Å². The topological polar surface area (TPSA) is 79.2 Å². The maximum absolute atomic E-state index is 11.9. The van der Waals surface area contributed by atoms with Gasteiger partial charge < -0.3 is 24.8 Å². The molecule has 5 rings (SSSR count). The molecule has 0 radical (unpaired) electrons. The van der Waals surface area contributed by atoms with Gasteiger partial charge in [0, 0.05) is 11.8 Å². The number of aliphatic hydroxyl groups excluding tert-OH is 2. The lowest BCUT2D eigenvalue weighted by atomic mass is 9.54. The molecule has 3 aliphatic carbocycles. The van der Waals surface area contributed by atoms with Crippen LogP contribution in [0.2, 0.25) is 13.1 Å². The van der Waals surface area contributed by atoms with Crippen LogP contribution in [0.1, 0.15) is 18.9 Å². The summed E-state index contributed by atoms with van der Waals surface area (Å²) >= 11 is 0. The van der Waals surface area contributed by atoms with Crippen LogP contribution in [0.5, 0.6) is 5.75 Å². The zero-order valence-corrected chi connectivity index (χ0v) is 22.7. The van der Waals surface area contributed by atoms with E-state index in [1.807, 2.05) is 42.5 Å². The average molecular weight is 509 g/mol. The SMILES string of the molecule is COc1ccc(COC[C@H]2[C@@H]([C@@H](O)[C@@H](C)O)[C@@H]3C=C[C@H]2C[C@@]3(O)/C=C/[Si](C)(C)c2ccccc2)cc1. The molecule has 0 aliphatic heterocycles. The second-order valence-electron chi connectivity index (χ2n) is 11.0. The quantitative estimate of drug-likeness (QED) is 0.336. The van der Waals surface area contributed by atoms with E-state index in [1.54, 1.807) is 14.0 Å². The van der Waals surface area contributed by atoms with E-state index in [0.29, 0.717) is 19.6 Å². The molecule has 0 spiro atoms. The van der Waals surface area contributed by atoms with Gasteiger partial charge in [0.25, 0.3) is 0 Å². The molecule has 1 saturated carbocycles. The summed E-state index contributed by atoms with van der Waals surface area (Å²) in [5.41, 5.74) is 2.20. The fourth-order valence-corrected chi connectivity index (χ4v) is 7.82. The first-order valence-corrected chi connectivity index (χ1v) is 16.0. The third-order valence-electron chi connectivity index (χ3n) is 8.10. The Bertz CT molecular complexity index is 1050. The number of methoxy groups -OCH3 is 1. The highest BCUT2D eigenvalue weighted by Gasteiger charge is 2.55. The zero-order chi connectivity index (χ0) is 25.9. The normalized spacial score (nSPS) is 29.4. The summed E-state index contributed by atoms with van der Waals surface area (Å²) in [6.07, 6.45) is 4.95. The number of hydrogen-bond acceptors (Lipinski definition) is 5. The Morgan fingerprint density at radius 1 is 1.06 bits per heavy atom. The Morgan fingerprint density at radius 2 is 1.75 bits per heavy atom. The molecule has 0 unspecified atom stereocenters. The van der Waals surface area contributed by atoms with Gasteiger partial charge in [0.1, 0.15) is 13.8 Å². The average Bonchev–Trinajstić information content (AvgIpc) is 2.88. The van der Waals surface area contributed by atoms with Crippen LogP contribution in [0.4, 0.5) is 0 Å². The van der Waals surface area contributed by atoms with Crippen molar-refractivity contribution in [3.63, 3.8) is 0 Å². The first kappa shape index (κ1) is 26.8. The highest BCUT2D eigenvalue weighted by molar-refractivity contribution is 6.93. The van der Waals surface area contributed by atoms with E-state index in [9.17, 15) is 15.3 Å². The molecule has 194 valence electrons. The minimum atomic E-state index is -1.90. The molecule has 7 atom stereocenters. The molecule has 3 aliphatic rings. The highest BCUT2D eigenvalue weighted by Crippen LogP contribution is 2.52. The lowest BCUT2D eigenvalue weighted by molar-refractivity contribution is -0.140. The molecule has 3 N–H and O–H groups in total. The number of rotatable bonds is 10. The third kappa shape index (κ3) is 5.68. The van der Waals surface area contributed by atoms with Crippen molar-refractivity contribution in [2.45, 2.75) is 50.9 Å². The van der Waals surface area contributed by atoms with E-state index in [2.05, 4.69) is 49.1 Å². The van der Waals surface area contributed by atoms with Gasteiger partial charge >= 0.3 is 0 Å². The molecule has 2 bridgehead atoms. The van der Waals surface area contributed by atoms with Crippen LogP contribution in [0.25, 0.3) is 0 Å². The maximum atomic E-state index is 11.9. The van der Waals surface area contributed by atoms with Crippen molar-refractivity contribution < 1.29 is 24.8 Å². The lowest BCUT2D eigenvalue weighted by Crippen LogP contribution is -2.58. The van der Waals surface area contributed by atoms with Gasteiger partial charge in [-0.15, -0.1) is 0 Å². The van der Waals surface area contributed by atoms with Crippen molar-refractivity contribution >= 4 is 13.3 Å². The van der Waals surface area contributed by atoms with E-state index in [1.165, 1.54) is 5.19 Å². The molecular weight excluding hydrogens is 468 g/mol. The molecular formula is C30H40O5Si. The molecule has 0 heterocycles. The third-order valence-corrected chi connectivity index (χ3v) is 10.9. The van der Waals surface area contributed by atoms with Crippen molar-refractivity contribution in [3.8, 4) is 5.75 Å². The number of aliphatic hydroxyl groups is 3. The Morgan fingerprint density at radius 3 is 2.39 bits per heavy atom. The van der Waals surface area contributed by atoms with Crippen LogP contribution in [0, 0.1) is 23.7 Å². The molecule has 36 heavy (non-hydrogen) atoms. The molecule has 5 nitrogen and oxygen atoms in total. The van der Waals surface area contributed by atoms with Crippen LogP contribution < -0.4 is 9.92 Å². The van der Waals surface area contributed by atoms with Gasteiger partial charge in [-0.25, -0.2) is 0 Å².